The minimum atomic E-state index is -0.502. The van der Waals surface area contributed by atoms with Crippen LogP contribution in [-0.2, 0) is 0 Å². The van der Waals surface area contributed by atoms with Crippen molar-refractivity contribution in [2.24, 2.45) is 0 Å². The molecule has 0 saturated heterocycles. The van der Waals surface area contributed by atoms with Gasteiger partial charge in [0.15, 0.2) is 0 Å². The first-order valence-corrected chi connectivity index (χ1v) is 3.34. The van der Waals surface area contributed by atoms with Crippen LogP contribution in [0.3, 0.4) is 0 Å². The number of nitrogens with zero attached hydrogens (tertiary/aromatic N) is 1. The molecule has 0 radical (unpaired) electrons. The molecule has 12 heavy (non-hydrogen) atoms. The summed E-state index contributed by atoms with van der Waals surface area (Å²) in [5.41, 5.74) is 0.288. The molecule has 0 saturated carbocycles. The topological polar surface area (TPSA) is 75.4 Å². The third-order valence-electron chi connectivity index (χ3n) is 1.37. The quantitative estimate of drug-likeness (QED) is 0.400. The van der Waals surface area contributed by atoms with Crippen LogP contribution in [0.25, 0.3) is 0 Å². The Kier molecular flexibility index (Phi) is 2.60. The molecule has 0 aromatic heterocycles. The first-order valence-electron chi connectivity index (χ1n) is 3.34. The van der Waals surface area contributed by atoms with E-state index in [1.165, 1.54) is 12.1 Å². The Labute approximate surface area is 68.8 Å². The van der Waals surface area contributed by atoms with Gasteiger partial charge in [-0.15, -0.1) is 0 Å². The molecule has 0 aliphatic carbocycles. The van der Waals surface area contributed by atoms with Crippen LogP contribution in [0.5, 0.6) is 0 Å². The van der Waals surface area contributed by atoms with E-state index < -0.39 is 4.92 Å². The zero-order chi connectivity index (χ0) is 8.97. The van der Waals surface area contributed by atoms with Gasteiger partial charge in [0, 0.05) is 6.07 Å². The molecule has 0 fully saturated rings. The molecule has 1 aromatic carbocycles. The summed E-state index contributed by atoms with van der Waals surface area (Å²) in [5, 5.41) is 21.3. The first-order chi connectivity index (χ1) is 5.75. The van der Waals surface area contributed by atoms with E-state index in [0.29, 0.717) is 5.69 Å². The fraction of sp³-hybridized carbons (Fsp3) is 0.143. The van der Waals surface area contributed by atoms with Gasteiger partial charge in [-0.3, -0.25) is 10.1 Å². The molecule has 0 aliphatic rings. The molecule has 0 aliphatic heterocycles. The van der Waals surface area contributed by atoms with Crippen molar-refractivity contribution in [3.63, 3.8) is 0 Å². The van der Waals surface area contributed by atoms with Gasteiger partial charge in [-0.25, -0.2) is 0 Å². The van der Waals surface area contributed by atoms with Crippen LogP contribution in [0, 0.1) is 10.1 Å². The maximum Gasteiger partial charge on any atom is 0.292 e. The number of nitro groups is 1. The maximum atomic E-state index is 10.4. The fourth-order valence-electron chi connectivity index (χ4n) is 0.868. The van der Waals surface area contributed by atoms with Crippen molar-refractivity contribution in [3.05, 3.63) is 34.4 Å². The second-order valence-corrected chi connectivity index (χ2v) is 2.11. The summed E-state index contributed by atoms with van der Waals surface area (Å²) < 4.78 is 0. The van der Waals surface area contributed by atoms with E-state index in [1.54, 1.807) is 12.1 Å². The minimum Gasteiger partial charge on any atom is -0.377 e. The highest BCUT2D eigenvalue weighted by Gasteiger charge is 2.10. The standard InChI is InChI=1S/C7H8N2O3/c10-5-8-6-3-1-2-4-7(6)9(11)12/h1-4,8,10H,5H2. The Morgan fingerprint density at radius 3 is 2.75 bits per heavy atom. The predicted octanol–water partition coefficient (Wildman–Crippen LogP) is 0.956. The number of para-hydroxylation sites is 2. The Morgan fingerprint density at radius 1 is 1.50 bits per heavy atom. The van der Waals surface area contributed by atoms with Gasteiger partial charge < -0.3 is 10.4 Å². The lowest BCUT2D eigenvalue weighted by molar-refractivity contribution is -0.384. The lowest BCUT2D eigenvalue weighted by atomic mass is 10.3. The molecule has 0 heterocycles. The molecule has 0 spiro atoms. The Bertz CT molecular complexity index is 288. The van der Waals surface area contributed by atoms with Gasteiger partial charge in [-0.2, -0.15) is 0 Å². The van der Waals surface area contributed by atoms with Crippen molar-refractivity contribution in [1.29, 1.82) is 0 Å². The van der Waals surface area contributed by atoms with E-state index in [4.69, 9.17) is 5.11 Å². The number of nitrogens with one attached hydrogen (secondary N) is 1. The van der Waals surface area contributed by atoms with Crippen molar-refractivity contribution < 1.29 is 10.0 Å². The summed E-state index contributed by atoms with van der Waals surface area (Å²) in [5.74, 6) is 0. The average molecular weight is 168 g/mol. The minimum absolute atomic E-state index is 0.0356. The van der Waals surface area contributed by atoms with E-state index in [9.17, 15) is 10.1 Å². The van der Waals surface area contributed by atoms with Crippen LogP contribution in [0.2, 0.25) is 0 Å². The number of aliphatic hydroxyl groups is 1. The van der Waals surface area contributed by atoms with Gasteiger partial charge in [0.05, 0.1) is 4.92 Å². The average Bonchev–Trinajstić information content (AvgIpc) is 2.05. The third kappa shape index (κ3) is 1.70. The van der Waals surface area contributed by atoms with Crippen molar-refractivity contribution in [2.45, 2.75) is 0 Å². The van der Waals surface area contributed by atoms with Gasteiger partial charge in [0.25, 0.3) is 5.69 Å². The second kappa shape index (κ2) is 3.68. The zero-order valence-corrected chi connectivity index (χ0v) is 6.23. The van der Waals surface area contributed by atoms with Crippen LogP contribution in [-0.4, -0.2) is 16.8 Å². The van der Waals surface area contributed by atoms with Gasteiger partial charge in [0.1, 0.15) is 12.4 Å². The Hall–Kier alpha value is -1.62. The molecule has 1 aromatic rings. The predicted molar refractivity (Wildman–Crippen MR) is 43.8 cm³/mol. The van der Waals surface area contributed by atoms with Gasteiger partial charge in [-0.1, -0.05) is 12.1 Å². The molecule has 5 nitrogen and oxygen atoms in total. The molecule has 5 heteroatoms. The molecule has 64 valence electrons. The lowest BCUT2D eigenvalue weighted by Crippen LogP contribution is -2.02. The smallest absolute Gasteiger partial charge is 0.292 e. The summed E-state index contributed by atoms with van der Waals surface area (Å²) in [4.78, 5) is 9.88. The monoisotopic (exact) mass is 168 g/mol. The molecule has 0 amide bonds. The van der Waals surface area contributed by atoms with E-state index in [2.05, 4.69) is 5.32 Å². The van der Waals surface area contributed by atoms with Crippen molar-refractivity contribution in [3.8, 4) is 0 Å². The van der Waals surface area contributed by atoms with Gasteiger partial charge in [-0.05, 0) is 6.07 Å². The molecule has 0 unspecified atom stereocenters. The first kappa shape index (κ1) is 8.48. The molecule has 1 rings (SSSR count). The highest BCUT2D eigenvalue weighted by atomic mass is 16.6. The summed E-state index contributed by atoms with van der Waals surface area (Å²) in [6, 6.07) is 6.14. The van der Waals surface area contributed by atoms with Gasteiger partial charge in [0.2, 0.25) is 0 Å². The van der Waals surface area contributed by atoms with Gasteiger partial charge >= 0.3 is 0 Å². The van der Waals surface area contributed by atoms with Crippen LogP contribution in [0.4, 0.5) is 11.4 Å². The van der Waals surface area contributed by atoms with Crippen molar-refractivity contribution >= 4 is 11.4 Å². The second-order valence-electron chi connectivity index (χ2n) is 2.11. The fourth-order valence-corrected chi connectivity index (χ4v) is 0.868. The SMILES string of the molecule is O=[N+]([O-])c1ccccc1NCO. The normalized spacial score (nSPS) is 9.42. The van der Waals surface area contributed by atoms with Crippen molar-refractivity contribution in [2.75, 3.05) is 12.0 Å². The number of aliphatic hydroxyl groups excluding tert-OH is 1. The van der Waals surface area contributed by atoms with Crippen LogP contribution < -0.4 is 5.32 Å². The Balaban J connectivity index is 3.00. The molecular formula is C7H8N2O3. The van der Waals surface area contributed by atoms with Crippen LogP contribution >= 0.6 is 0 Å². The summed E-state index contributed by atoms with van der Waals surface area (Å²) in [6.07, 6.45) is 0. The largest absolute Gasteiger partial charge is 0.377 e. The summed E-state index contributed by atoms with van der Waals surface area (Å²) in [6.45, 7) is -0.315. The molecular weight excluding hydrogens is 160 g/mol. The van der Waals surface area contributed by atoms with E-state index in [1.807, 2.05) is 0 Å². The lowest BCUT2D eigenvalue weighted by Gasteiger charge is -2.01. The zero-order valence-electron chi connectivity index (χ0n) is 6.23. The number of rotatable bonds is 3. The molecule has 0 atom stereocenters. The number of anilines is 1. The molecule has 0 bridgehead atoms. The number of benzene rings is 1. The van der Waals surface area contributed by atoms with E-state index >= 15 is 0 Å². The van der Waals surface area contributed by atoms with Crippen LogP contribution in [0.1, 0.15) is 0 Å². The highest BCUT2D eigenvalue weighted by molar-refractivity contribution is 5.60. The Morgan fingerprint density at radius 2 is 2.17 bits per heavy atom. The maximum absolute atomic E-state index is 10.4. The van der Waals surface area contributed by atoms with E-state index in [-0.39, 0.29) is 12.4 Å². The summed E-state index contributed by atoms with van der Waals surface area (Å²) >= 11 is 0. The number of nitro benzene ring substituents is 1. The number of hydrogen-bond acceptors (Lipinski definition) is 4. The third-order valence-corrected chi connectivity index (χ3v) is 1.37. The molecule has 2 N–H and O–H groups in total. The number of hydrogen-bond donors (Lipinski definition) is 2. The van der Waals surface area contributed by atoms with E-state index in [0.717, 1.165) is 0 Å². The highest BCUT2D eigenvalue weighted by Crippen LogP contribution is 2.22. The van der Waals surface area contributed by atoms with Crippen molar-refractivity contribution in [1.82, 2.24) is 0 Å². The van der Waals surface area contributed by atoms with Crippen LogP contribution in [0.15, 0.2) is 24.3 Å². The summed E-state index contributed by atoms with van der Waals surface area (Å²) in [7, 11) is 0.